The fourth-order valence-electron chi connectivity index (χ4n) is 4.89. The van der Waals surface area contributed by atoms with E-state index in [4.69, 9.17) is 0 Å². The third-order valence-corrected chi connectivity index (χ3v) is 6.48. The topological polar surface area (TPSA) is 54.3 Å². The maximum atomic E-state index is 15.1. The lowest BCUT2D eigenvalue weighted by Crippen LogP contribution is -2.33. The number of anilines is 1. The molecule has 3 aromatic rings. The summed E-state index contributed by atoms with van der Waals surface area (Å²) in [5, 5.41) is 4.43. The molecule has 2 aliphatic rings. The Bertz CT molecular complexity index is 1290. The summed E-state index contributed by atoms with van der Waals surface area (Å²) in [4.78, 5) is 26.8. The van der Waals surface area contributed by atoms with Gasteiger partial charge in [-0.05, 0) is 36.1 Å². The van der Waals surface area contributed by atoms with Crippen LogP contribution in [0.4, 0.5) is 10.1 Å². The van der Waals surface area contributed by atoms with Crippen LogP contribution in [-0.4, -0.2) is 27.8 Å². The summed E-state index contributed by atoms with van der Waals surface area (Å²) in [6, 6.07) is 12.6. The number of nitrogens with one attached hydrogen (secondary N) is 1. The molecule has 164 valence electrons. The van der Waals surface area contributed by atoms with E-state index in [1.807, 2.05) is 12.1 Å². The normalized spacial score (nSPS) is 17.7. The number of amides is 2. The molecular weight excluding hydrogens is 405 g/mol. The lowest BCUT2D eigenvalue weighted by Gasteiger charge is -2.20. The first-order valence-corrected chi connectivity index (χ1v) is 11.1. The minimum atomic E-state index is -0.595. The van der Waals surface area contributed by atoms with Crippen LogP contribution < -0.4 is 5.32 Å². The van der Waals surface area contributed by atoms with Gasteiger partial charge in [-0.3, -0.25) is 14.5 Å². The quantitative estimate of drug-likeness (QED) is 0.631. The van der Waals surface area contributed by atoms with E-state index in [2.05, 4.69) is 36.0 Å². The van der Waals surface area contributed by atoms with Crippen LogP contribution in [0.2, 0.25) is 0 Å². The van der Waals surface area contributed by atoms with Crippen molar-refractivity contribution in [3.8, 4) is 0 Å². The minimum Gasteiger partial charge on any atom is -0.356 e. The van der Waals surface area contributed by atoms with Crippen LogP contribution in [0.15, 0.2) is 59.9 Å². The third kappa shape index (κ3) is 3.13. The van der Waals surface area contributed by atoms with E-state index in [0.717, 1.165) is 35.1 Å². The largest absolute Gasteiger partial charge is 0.356 e. The molecule has 2 aromatic carbocycles. The molecule has 6 heteroatoms. The summed E-state index contributed by atoms with van der Waals surface area (Å²) in [5.41, 5.74) is 4.38. The Morgan fingerprint density at radius 2 is 1.94 bits per heavy atom. The first kappa shape index (κ1) is 20.5. The molecule has 1 N–H and O–H groups in total. The summed E-state index contributed by atoms with van der Waals surface area (Å²) >= 11 is 0. The highest BCUT2D eigenvalue weighted by atomic mass is 19.1. The highest BCUT2D eigenvalue weighted by Gasteiger charge is 2.42. The van der Waals surface area contributed by atoms with Gasteiger partial charge < -0.3 is 9.88 Å². The highest BCUT2D eigenvalue weighted by Crippen LogP contribution is 2.47. The number of imide groups is 1. The molecule has 0 radical (unpaired) electrons. The van der Waals surface area contributed by atoms with Crippen molar-refractivity contribution < 1.29 is 14.0 Å². The Balaban J connectivity index is 1.77. The van der Waals surface area contributed by atoms with Crippen molar-refractivity contribution in [2.75, 3.05) is 11.9 Å². The highest BCUT2D eigenvalue weighted by molar-refractivity contribution is 6.11. The summed E-state index contributed by atoms with van der Waals surface area (Å²) in [7, 11) is 0. The Labute approximate surface area is 186 Å². The van der Waals surface area contributed by atoms with E-state index in [0.29, 0.717) is 22.8 Å². The maximum Gasteiger partial charge on any atom is 0.259 e. The predicted molar refractivity (Wildman–Crippen MR) is 123 cm³/mol. The van der Waals surface area contributed by atoms with Crippen LogP contribution in [-0.2, 0) is 16.1 Å². The molecule has 0 spiro atoms. The number of halogens is 1. The molecule has 0 aliphatic carbocycles. The molecule has 1 aromatic heterocycles. The number of carbonyl (C=O) groups excluding carboxylic acids is 2. The SMILES string of the molecule is CC(=O)N1CC2=C(C1=O)[C@H](c1ccccc1F)c1cn(CCC(C)C)c3cccc(c13)N2. The second-order valence-corrected chi connectivity index (χ2v) is 9.04. The molecule has 5 nitrogen and oxygen atoms in total. The number of aromatic nitrogens is 1. The molecule has 0 saturated heterocycles. The fraction of sp³-hybridized carbons (Fsp3) is 0.308. The smallest absolute Gasteiger partial charge is 0.259 e. The maximum absolute atomic E-state index is 15.1. The molecule has 2 amide bonds. The van der Waals surface area contributed by atoms with Crippen molar-refractivity contribution >= 4 is 28.4 Å². The van der Waals surface area contributed by atoms with Crippen LogP contribution in [0, 0.1) is 11.7 Å². The van der Waals surface area contributed by atoms with Gasteiger partial charge in [0.15, 0.2) is 0 Å². The van der Waals surface area contributed by atoms with Crippen molar-refractivity contribution in [3.05, 3.63) is 76.9 Å². The van der Waals surface area contributed by atoms with Gasteiger partial charge >= 0.3 is 0 Å². The molecule has 0 bridgehead atoms. The second-order valence-electron chi connectivity index (χ2n) is 9.04. The molecule has 3 heterocycles. The average Bonchev–Trinajstić information content (AvgIpc) is 3.23. The van der Waals surface area contributed by atoms with Crippen molar-refractivity contribution in [1.29, 1.82) is 0 Å². The number of benzene rings is 2. The standard InChI is InChI=1S/C26H26FN3O2/c1-15(2)11-12-29-13-18-23(17-7-4-5-8-19(17)27)25-21(14-30(16(3)31)26(25)32)28-20-9-6-10-22(29)24(18)20/h4-10,13,15,23,28H,11-12,14H2,1-3H3/t23-/m1/s1. The van der Waals surface area contributed by atoms with Gasteiger partial charge in [0.25, 0.3) is 5.91 Å². The number of carbonyl (C=O) groups is 2. The van der Waals surface area contributed by atoms with Gasteiger partial charge in [0.2, 0.25) is 5.91 Å². The summed E-state index contributed by atoms with van der Waals surface area (Å²) in [6.07, 6.45) is 3.07. The molecule has 32 heavy (non-hydrogen) atoms. The van der Waals surface area contributed by atoms with Gasteiger partial charge in [0.1, 0.15) is 5.82 Å². The van der Waals surface area contributed by atoms with Crippen molar-refractivity contribution in [1.82, 2.24) is 9.47 Å². The average molecular weight is 432 g/mol. The van der Waals surface area contributed by atoms with Crippen LogP contribution in [0.5, 0.6) is 0 Å². The van der Waals surface area contributed by atoms with Gasteiger partial charge in [0.05, 0.1) is 17.6 Å². The van der Waals surface area contributed by atoms with E-state index in [1.54, 1.807) is 18.2 Å². The monoisotopic (exact) mass is 431 g/mol. The number of rotatable bonds is 4. The zero-order valence-corrected chi connectivity index (χ0v) is 18.5. The molecule has 0 saturated carbocycles. The Morgan fingerprint density at radius 3 is 2.66 bits per heavy atom. The Kier molecular flexibility index (Phi) is 4.88. The molecule has 5 rings (SSSR count). The van der Waals surface area contributed by atoms with Crippen LogP contribution in [0.25, 0.3) is 10.9 Å². The zero-order valence-electron chi connectivity index (χ0n) is 18.5. The number of nitrogens with zero attached hydrogens (tertiary/aromatic N) is 2. The number of aryl methyl sites for hydroxylation is 1. The van der Waals surface area contributed by atoms with E-state index < -0.39 is 5.92 Å². The van der Waals surface area contributed by atoms with E-state index in [-0.39, 0.29) is 24.2 Å². The first-order valence-electron chi connectivity index (χ1n) is 11.1. The van der Waals surface area contributed by atoms with Gasteiger partial charge in [-0.1, -0.05) is 38.1 Å². The summed E-state index contributed by atoms with van der Waals surface area (Å²) < 4.78 is 17.3. The van der Waals surface area contributed by atoms with Gasteiger partial charge in [0, 0.05) is 47.9 Å². The van der Waals surface area contributed by atoms with Gasteiger partial charge in [-0.15, -0.1) is 0 Å². The molecule has 2 aliphatic heterocycles. The van der Waals surface area contributed by atoms with E-state index in [9.17, 15) is 9.59 Å². The van der Waals surface area contributed by atoms with E-state index >= 15 is 4.39 Å². The third-order valence-electron chi connectivity index (χ3n) is 6.48. The summed E-state index contributed by atoms with van der Waals surface area (Å²) in [6.45, 7) is 6.77. The van der Waals surface area contributed by atoms with Gasteiger partial charge in [-0.2, -0.15) is 0 Å². The Hall–Kier alpha value is -3.41. The number of hydrogen-bond acceptors (Lipinski definition) is 3. The second kappa shape index (κ2) is 7.62. The van der Waals surface area contributed by atoms with Crippen LogP contribution in [0.3, 0.4) is 0 Å². The van der Waals surface area contributed by atoms with Crippen LogP contribution in [0.1, 0.15) is 44.2 Å². The Morgan fingerprint density at radius 1 is 1.16 bits per heavy atom. The molecular formula is C26H26FN3O2. The van der Waals surface area contributed by atoms with Crippen LogP contribution >= 0.6 is 0 Å². The van der Waals surface area contributed by atoms with Crippen molar-refractivity contribution in [2.45, 2.75) is 39.7 Å². The molecule has 0 unspecified atom stereocenters. The zero-order chi connectivity index (χ0) is 22.6. The molecule has 1 atom stereocenters. The van der Waals surface area contributed by atoms with Crippen molar-refractivity contribution in [2.24, 2.45) is 5.92 Å². The predicted octanol–water partition coefficient (Wildman–Crippen LogP) is 5.03. The molecule has 0 fully saturated rings. The summed E-state index contributed by atoms with van der Waals surface area (Å²) in [5.74, 6) is -1.08. The van der Waals surface area contributed by atoms with Gasteiger partial charge in [-0.25, -0.2) is 4.39 Å². The van der Waals surface area contributed by atoms with E-state index in [1.165, 1.54) is 17.9 Å². The van der Waals surface area contributed by atoms with Crippen molar-refractivity contribution in [3.63, 3.8) is 0 Å². The fourth-order valence-corrected chi connectivity index (χ4v) is 4.89. The number of hydrogen-bond donors (Lipinski definition) is 1. The lowest BCUT2D eigenvalue weighted by molar-refractivity contribution is -0.139. The minimum absolute atomic E-state index is 0.169. The lowest BCUT2D eigenvalue weighted by atomic mass is 9.84. The first-order chi connectivity index (χ1) is 15.4.